The molecule has 0 saturated carbocycles. The highest BCUT2D eigenvalue weighted by Crippen LogP contribution is 2.18. The third-order valence-corrected chi connectivity index (χ3v) is 3.85. The van der Waals surface area contributed by atoms with Gasteiger partial charge in [-0.25, -0.2) is 9.97 Å². The van der Waals surface area contributed by atoms with Gasteiger partial charge in [-0.1, -0.05) is 0 Å². The molecule has 2 atom stereocenters. The van der Waals surface area contributed by atoms with Gasteiger partial charge in [-0.05, 0) is 26.2 Å². The third kappa shape index (κ3) is 3.12. The summed E-state index contributed by atoms with van der Waals surface area (Å²) >= 11 is 0. The topological polar surface area (TPSA) is 65.6 Å². The predicted octanol–water partition coefficient (Wildman–Crippen LogP) is 0.843. The average Bonchev–Trinajstić information content (AvgIpc) is 3.09. The monoisotopic (exact) mass is 288 g/mol. The molecular weight excluding hydrogens is 268 g/mol. The quantitative estimate of drug-likeness (QED) is 0.899. The fraction of sp³-hybridized carbons (Fsp3) is 0.467. The molecule has 1 N–H and O–H groups in total. The van der Waals surface area contributed by atoms with Crippen LogP contribution < -0.4 is 0 Å². The van der Waals surface area contributed by atoms with E-state index in [9.17, 15) is 5.11 Å². The van der Waals surface area contributed by atoms with Crippen LogP contribution in [0.1, 0.15) is 5.56 Å². The Labute approximate surface area is 124 Å². The maximum Gasteiger partial charge on any atom is 0.195 e. The number of likely N-dealkylation sites (N-methyl/N-ethyl adjacent to an activating group) is 1. The summed E-state index contributed by atoms with van der Waals surface area (Å²) in [6.45, 7) is 2.29. The van der Waals surface area contributed by atoms with Crippen molar-refractivity contribution >= 4 is 0 Å². The van der Waals surface area contributed by atoms with Crippen LogP contribution in [0.2, 0.25) is 0 Å². The second-order valence-corrected chi connectivity index (χ2v) is 5.68. The summed E-state index contributed by atoms with van der Waals surface area (Å²) < 4.78 is 5.27. The average molecular weight is 288 g/mol. The number of likely N-dealkylation sites (tertiary alicyclic amines) is 1. The van der Waals surface area contributed by atoms with Crippen molar-refractivity contribution < 1.29 is 9.52 Å². The summed E-state index contributed by atoms with van der Waals surface area (Å²) in [6.07, 6.45) is 4.95. The number of furan rings is 1. The molecule has 3 rings (SSSR count). The molecule has 0 amide bonds. The van der Waals surface area contributed by atoms with Crippen LogP contribution in [0.15, 0.2) is 35.2 Å². The highest BCUT2D eigenvalue weighted by Gasteiger charge is 2.32. The molecule has 21 heavy (non-hydrogen) atoms. The zero-order valence-corrected chi connectivity index (χ0v) is 12.3. The summed E-state index contributed by atoms with van der Waals surface area (Å²) in [5.74, 6) is 1.27. The van der Waals surface area contributed by atoms with Gasteiger partial charge in [0, 0.05) is 43.6 Å². The molecule has 0 spiro atoms. The first-order valence-corrected chi connectivity index (χ1v) is 7.05. The number of β-amino-alcohol motifs (C(OH)–C–C–N with tert-alkyl or cyclic N) is 1. The van der Waals surface area contributed by atoms with Crippen LogP contribution in [-0.2, 0) is 6.54 Å². The highest BCUT2D eigenvalue weighted by atomic mass is 16.3. The van der Waals surface area contributed by atoms with Crippen molar-refractivity contribution in [3.05, 3.63) is 36.4 Å². The van der Waals surface area contributed by atoms with Crippen LogP contribution in [-0.4, -0.2) is 64.2 Å². The maximum absolute atomic E-state index is 10.0. The lowest BCUT2D eigenvalue weighted by atomic mass is 10.2. The fourth-order valence-corrected chi connectivity index (χ4v) is 2.71. The lowest BCUT2D eigenvalue weighted by molar-refractivity contribution is 0.112. The maximum atomic E-state index is 10.0. The molecule has 112 valence electrons. The lowest BCUT2D eigenvalue weighted by Crippen LogP contribution is -2.37. The Bertz CT molecular complexity index is 568. The van der Waals surface area contributed by atoms with Gasteiger partial charge in [0.15, 0.2) is 11.6 Å². The van der Waals surface area contributed by atoms with Crippen LogP contribution in [0.5, 0.6) is 0 Å². The van der Waals surface area contributed by atoms with Crippen LogP contribution in [0.3, 0.4) is 0 Å². The molecule has 2 aromatic rings. The molecule has 0 aromatic carbocycles. The van der Waals surface area contributed by atoms with E-state index in [4.69, 9.17) is 4.42 Å². The zero-order valence-electron chi connectivity index (χ0n) is 12.3. The lowest BCUT2D eigenvalue weighted by Gasteiger charge is -2.21. The van der Waals surface area contributed by atoms with E-state index in [1.807, 2.05) is 38.6 Å². The molecule has 6 heteroatoms. The molecule has 0 radical (unpaired) electrons. The molecular formula is C15H20N4O2. The van der Waals surface area contributed by atoms with Crippen molar-refractivity contribution in [3.8, 4) is 11.6 Å². The van der Waals surface area contributed by atoms with Gasteiger partial charge in [0.25, 0.3) is 0 Å². The molecule has 1 saturated heterocycles. The Morgan fingerprint density at radius 3 is 2.67 bits per heavy atom. The van der Waals surface area contributed by atoms with Gasteiger partial charge in [-0.2, -0.15) is 0 Å². The van der Waals surface area contributed by atoms with E-state index in [0.717, 1.165) is 18.7 Å². The number of aliphatic hydroxyl groups excluding tert-OH is 1. The minimum Gasteiger partial charge on any atom is -0.461 e. The molecule has 1 aliphatic heterocycles. The molecule has 0 unspecified atom stereocenters. The minimum atomic E-state index is -0.302. The van der Waals surface area contributed by atoms with Gasteiger partial charge in [0.2, 0.25) is 0 Å². The van der Waals surface area contributed by atoms with Crippen LogP contribution in [0, 0.1) is 0 Å². The van der Waals surface area contributed by atoms with Gasteiger partial charge in [0.05, 0.1) is 12.4 Å². The van der Waals surface area contributed by atoms with E-state index in [1.54, 1.807) is 6.26 Å². The number of aliphatic hydroxyl groups is 1. The first kappa shape index (κ1) is 14.2. The molecule has 6 nitrogen and oxygen atoms in total. The number of rotatable bonds is 4. The summed E-state index contributed by atoms with van der Waals surface area (Å²) in [5, 5.41) is 10.0. The van der Waals surface area contributed by atoms with Gasteiger partial charge in [-0.15, -0.1) is 0 Å². The van der Waals surface area contributed by atoms with E-state index < -0.39 is 0 Å². The van der Waals surface area contributed by atoms with Gasteiger partial charge in [0.1, 0.15) is 0 Å². The number of hydrogen-bond donors (Lipinski definition) is 1. The van der Waals surface area contributed by atoms with E-state index in [2.05, 4.69) is 19.8 Å². The minimum absolute atomic E-state index is 0.188. The van der Waals surface area contributed by atoms with Crippen molar-refractivity contribution in [2.24, 2.45) is 0 Å². The Kier molecular flexibility index (Phi) is 4.01. The molecule has 1 aliphatic rings. The Balaban J connectivity index is 1.64. The number of aromatic nitrogens is 2. The summed E-state index contributed by atoms with van der Waals surface area (Å²) in [7, 11) is 4.00. The van der Waals surface area contributed by atoms with Crippen LogP contribution in [0.25, 0.3) is 11.6 Å². The first-order valence-electron chi connectivity index (χ1n) is 7.05. The molecule has 2 aromatic heterocycles. The van der Waals surface area contributed by atoms with Crippen LogP contribution in [0.4, 0.5) is 0 Å². The van der Waals surface area contributed by atoms with Gasteiger partial charge >= 0.3 is 0 Å². The normalized spacial score (nSPS) is 23.0. The van der Waals surface area contributed by atoms with Crippen molar-refractivity contribution in [1.29, 1.82) is 0 Å². The largest absolute Gasteiger partial charge is 0.461 e. The molecule has 3 heterocycles. The number of hydrogen-bond acceptors (Lipinski definition) is 6. The fourth-order valence-electron chi connectivity index (χ4n) is 2.71. The van der Waals surface area contributed by atoms with E-state index in [0.29, 0.717) is 18.1 Å². The Hall–Kier alpha value is -1.76. The van der Waals surface area contributed by atoms with Crippen molar-refractivity contribution in [2.75, 3.05) is 27.2 Å². The third-order valence-electron chi connectivity index (χ3n) is 3.85. The summed E-state index contributed by atoms with van der Waals surface area (Å²) in [5.41, 5.74) is 1.04. The summed E-state index contributed by atoms with van der Waals surface area (Å²) in [6, 6.07) is 3.85. The standard InChI is InChI=1S/C15H20N4O2/c1-18(2)12-9-19(10-13(12)20)8-11-6-16-15(17-7-11)14-4-3-5-21-14/h3-7,12-13,20H,8-10H2,1-2H3/t12-,13-/m0/s1. The van der Waals surface area contributed by atoms with Crippen LogP contribution >= 0.6 is 0 Å². The number of nitrogens with zero attached hydrogens (tertiary/aromatic N) is 4. The SMILES string of the molecule is CN(C)[C@H]1CN(Cc2cnc(-c3ccco3)nc2)C[C@@H]1O. The van der Waals surface area contributed by atoms with Crippen molar-refractivity contribution in [3.63, 3.8) is 0 Å². The molecule has 0 bridgehead atoms. The van der Waals surface area contributed by atoms with Gasteiger partial charge < -0.3 is 14.4 Å². The molecule has 1 fully saturated rings. The second kappa shape index (κ2) is 5.93. The van der Waals surface area contributed by atoms with Crippen molar-refractivity contribution in [2.45, 2.75) is 18.7 Å². The smallest absolute Gasteiger partial charge is 0.195 e. The van der Waals surface area contributed by atoms with E-state index in [1.165, 1.54) is 0 Å². The molecule has 0 aliphatic carbocycles. The van der Waals surface area contributed by atoms with E-state index >= 15 is 0 Å². The highest BCUT2D eigenvalue weighted by molar-refractivity contribution is 5.45. The first-order chi connectivity index (χ1) is 10.1. The van der Waals surface area contributed by atoms with E-state index in [-0.39, 0.29) is 12.1 Å². The summed E-state index contributed by atoms with van der Waals surface area (Å²) in [4.78, 5) is 13.0. The zero-order chi connectivity index (χ0) is 14.8. The predicted molar refractivity (Wildman–Crippen MR) is 78.5 cm³/mol. The second-order valence-electron chi connectivity index (χ2n) is 5.68. The Morgan fingerprint density at radius 2 is 2.10 bits per heavy atom. The Morgan fingerprint density at radius 1 is 1.33 bits per heavy atom. The van der Waals surface area contributed by atoms with Gasteiger partial charge in [-0.3, -0.25) is 4.90 Å². The van der Waals surface area contributed by atoms with Crippen molar-refractivity contribution in [1.82, 2.24) is 19.8 Å².